The van der Waals surface area contributed by atoms with Crippen molar-refractivity contribution in [2.24, 2.45) is 4.99 Å². The van der Waals surface area contributed by atoms with Gasteiger partial charge in [-0.15, -0.1) is 11.8 Å². The SMILES string of the molecule is O=C(Cl)c1ccc2c(c1)N=CCS2. The molecule has 1 heterocycles. The molecule has 0 saturated carbocycles. The summed E-state index contributed by atoms with van der Waals surface area (Å²) in [7, 11) is 0. The Morgan fingerprint density at radius 1 is 1.54 bits per heavy atom. The highest BCUT2D eigenvalue weighted by molar-refractivity contribution is 8.00. The molecule has 0 N–H and O–H groups in total. The van der Waals surface area contributed by atoms with Crippen LogP contribution in [0.2, 0.25) is 0 Å². The number of halogens is 1. The number of nitrogens with zero attached hydrogens (tertiary/aromatic N) is 1. The fourth-order valence-electron chi connectivity index (χ4n) is 1.13. The lowest BCUT2D eigenvalue weighted by Crippen LogP contribution is -1.92. The number of aliphatic imine (C=N–C) groups is 1. The third-order valence-corrected chi connectivity index (χ3v) is 2.92. The van der Waals surface area contributed by atoms with E-state index in [9.17, 15) is 4.79 Å². The van der Waals surface area contributed by atoms with E-state index < -0.39 is 5.24 Å². The molecular weight excluding hydrogens is 206 g/mol. The van der Waals surface area contributed by atoms with Gasteiger partial charge >= 0.3 is 0 Å². The van der Waals surface area contributed by atoms with Gasteiger partial charge in [-0.2, -0.15) is 0 Å². The summed E-state index contributed by atoms with van der Waals surface area (Å²) >= 11 is 7.05. The van der Waals surface area contributed by atoms with Gasteiger partial charge in [0, 0.05) is 22.4 Å². The zero-order valence-corrected chi connectivity index (χ0v) is 8.23. The van der Waals surface area contributed by atoms with Crippen LogP contribution in [0.15, 0.2) is 28.1 Å². The van der Waals surface area contributed by atoms with Gasteiger partial charge in [-0.3, -0.25) is 9.79 Å². The molecule has 0 atom stereocenters. The molecule has 2 rings (SSSR count). The standard InChI is InChI=1S/C9H6ClNOS/c10-9(12)6-1-2-8-7(5-6)11-3-4-13-8/h1-3,5H,4H2. The van der Waals surface area contributed by atoms with Gasteiger partial charge in [0.1, 0.15) is 0 Å². The van der Waals surface area contributed by atoms with Gasteiger partial charge in [-0.05, 0) is 29.8 Å². The number of hydrogen-bond acceptors (Lipinski definition) is 3. The van der Waals surface area contributed by atoms with Crippen LogP contribution < -0.4 is 0 Å². The molecule has 0 aliphatic carbocycles. The summed E-state index contributed by atoms with van der Waals surface area (Å²) in [4.78, 5) is 16.1. The number of thioether (sulfide) groups is 1. The molecule has 1 aromatic rings. The first-order valence-electron chi connectivity index (χ1n) is 3.76. The lowest BCUT2D eigenvalue weighted by atomic mass is 10.2. The molecule has 0 radical (unpaired) electrons. The molecule has 1 aromatic carbocycles. The second-order valence-electron chi connectivity index (χ2n) is 2.58. The normalized spacial score (nSPS) is 13.9. The second-order valence-corrected chi connectivity index (χ2v) is 3.98. The van der Waals surface area contributed by atoms with Gasteiger partial charge in [0.15, 0.2) is 0 Å². The van der Waals surface area contributed by atoms with E-state index in [1.165, 1.54) is 0 Å². The van der Waals surface area contributed by atoms with E-state index in [0.717, 1.165) is 16.3 Å². The molecule has 66 valence electrons. The van der Waals surface area contributed by atoms with Crippen molar-refractivity contribution >= 4 is 40.5 Å². The Bertz CT molecular complexity index is 389. The van der Waals surface area contributed by atoms with Crippen LogP contribution in [0.25, 0.3) is 0 Å². The largest absolute Gasteiger partial charge is 0.276 e. The topological polar surface area (TPSA) is 29.4 Å². The Morgan fingerprint density at radius 3 is 3.15 bits per heavy atom. The quantitative estimate of drug-likeness (QED) is 0.669. The Kier molecular flexibility index (Phi) is 2.38. The van der Waals surface area contributed by atoms with Gasteiger partial charge in [0.05, 0.1) is 5.69 Å². The average molecular weight is 212 g/mol. The third-order valence-electron chi connectivity index (χ3n) is 1.73. The summed E-state index contributed by atoms with van der Waals surface area (Å²) in [5.74, 6) is 0.890. The summed E-state index contributed by atoms with van der Waals surface area (Å²) in [5.41, 5.74) is 1.34. The van der Waals surface area contributed by atoms with Crippen LogP contribution in [0.3, 0.4) is 0 Å². The molecule has 0 spiro atoms. The van der Waals surface area contributed by atoms with E-state index >= 15 is 0 Å². The summed E-state index contributed by atoms with van der Waals surface area (Å²) in [6, 6.07) is 5.32. The minimum Gasteiger partial charge on any atom is -0.276 e. The van der Waals surface area contributed by atoms with E-state index in [0.29, 0.717) is 5.56 Å². The van der Waals surface area contributed by atoms with Crippen molar-refractivity contribution in [2.45, 2.75) is 4.90 Å². The number of benzene rings is 1. The molecule has 0 saturated heterocycles. The first-order chi connectivity index (χ1) is 6.27. The zero-order valence-electron chi connectivity index (χ0n) is 6.66. The summed E-state index contributed by atoms with van der Waals surface area (Å²) in [5, 5.41) is -0.437. The van der Waals surface area contributed by atoms with Crippen molar-refractivity contribution in [1.29, 1.82) is 0 Å². The fraction of sp³-hybridized carbons (Fsp3) is 0.111. The van der Waals surface area contributed by atoms with E-state index in [1.807, 2.05) is 12.3 Å². The minimum absolute atomic E-state index is 0.437. The highest BCUT2D eigenvalue weighted by Gasteiger charge is 2.09. The van der Waals surface area contributed by atoms with Crippen LogP contribution in [-0.4, -0.2) is 17.2 Å². The van der Waals surface area contributed by atoms with Crippen molar-refractivity contribution < 1.29 is 4.79 Å². The van der Waals surface area contributed by atoms with Gasteiger partial charge in [0.25, 0.3) is 5.24 Å². The van der Waals surface area contributed by atoms with Crippen LogP contribution in [0.1, 0.15) is 10.4 Å². The van der Waals surface area contributed by atoms with E-state index in [4.69, 9.17) is 11.6 Å². The Balaban J connectivity index is 2.48. The first kappa shape index (κ1) is 8.78. The summed E-state index contributed by atoms with van der Waals surface area (Å²) in [6.07, 6.45) is 1.83. The first-order valence-corrected chi connectivity index (χ1v) is 5.13. The molecule has 0 unspecified atom stereocenters. The smallest absolute Gasteiger partial charge is 0.252 e. The number of carbonyl (C=O) groups excluding carboxylic acids is 1. The van der Waals surface area contributed by atoms with Crippen LogP contribution >= 0.6 is 23.4 Å². The van der Waals surface area contributed by atoms with E-state index in [-0.39, 0.29) is 0 Å². The van der Waals surface area contributed by atoms with Crippen LogP contribution in [0.5, 0.6) is 0 Å². The van der Waals surface area contributed by atoms with Crippen molar-refractivity contribution in [3.8, 4) is 0 Å². The zero-order chi connectivity index (χ0) is 9.26. The molecule has 1 aliphatic heterocycles. The Hall–Kier alpha value is -0.800. The fourth-order valence-corrected chi connectivity index (χ4v) is 2.00. The van der Waals surface area contributed by atoms with E-state index in [1.54, 1.807) is 23.9 Å². The minimum atomic E-state index is -0.437. The maximum absolute atomic E-state index is 10.8. The predicted molar refractivity (Wildman–Crippen MR) is 55.5 cm³/mol. The van der Waals surface area contributed by atoms with Gasteiger partial charge in [-0.1, -0.05) is 0 Å². The van der Waals surface area contributed by atoms with Gasteiger partial charge in [0.2, 0.25) is 0 Å². The molecule has 0 aromatic heterocycles. The summed E-state index contributed by atoms with van der Waals surface area (Å²) in [6.45, 7) is 0. The van der Waals surface area contributed by atoms with Crippen molar-refractivity contribution in [2.75, 3.05) is 5.75 Å². The molecule has 1 aliphatic rings. The predicted octanol–water partition coefficient (Wildman–Crippen LogP) is 2.87. The highest BCUT2D eigenvalue weighted by atomic mass is 35.5. The lowest BCUT2D eigenvalue weighted by molar-refractivity contribution is 0.108. The maximum atomic E-state index is 10.8. The van der Waals surface area contributed by atoms with Gasteiger partial charge < -0.3 is 0 Å². The van der Waals surface area contributed by atoms with Crippen molar-refractivity contribution in [3.63, 3.8) is 0 Å². The van der Waals surface area contributed by atoms with Crippen molar-refractivity contribution in [3.05, 3.63) is 23.8 Å². The molecule has 13 heavy (non-hydrogen) atoms. The second kappa shape index (κ2) is 3.52. The number of rotatable bonds is 1. The van der Waals surface area contributed by atoms with Gasteiger partial charge in [-0.25, -0.2) is 0 Å². The van der Waals surface area contributed by atoms with Crippen LogP contribution in [0.4, 0.5) is 5.69 Å². The van der Waals surface area contributed by atoms with E-state index in [2.05, 4.69) is 4.99 Å². The van der Waals surface area contributed by atoms with Crippen LogP contribution in [-0.2, 0) is 0 Å². The number of hydrogen-bond donors (Lipinski definition) is 0. The molecule has 0 amide bonds. The highest BCUT2D eigenvalue weighted by Crippen LogP contribution is 2.33. The Morgan fingerprint density at radius 2 is 2.38 bits per heavy atom. The maximum Gasteiger partial charge on any atom is 0.252 e. The number of carbonyl (C=O) groups is 1. The average Bonchev–Trinajstić information content (AvgIpc) is 2.17. The molecule has 0 fully saturated rings. The lowest BCUT2D eigenvalue weighted by Gasteiger charge is -2.08. The summed E-state index contributed by atoms with van der Waals surface area (Å²) < 4.78 is 0. The van der Waals surface area contributed by atoms with Crippen molar-refractivity contribution in [1.82, 2.24) is 0 Å². The molecule has 4 heteroatoms. The van der Waals surface area contributed by atoms with Crippen LogP contribution in [0, 0.1) is 0 Å². The number of fused-ring (bicyclic) bond motifs is 1. The molecule has 2 nitrogen and oxygen atoms in total. The third kappa shape index (κ3) is 1.76. The molecule has 0 bridgehead atoms. The Labute approximate surface area is 85.0 Å². The monoisotopic (exact) mass is 211 g/mol. The molecular formula is C9H6ClNOS.